The minimum atomic E-state index is 0. The lowest BCUT2D eigenvalue weighted by Gasteiger charge is -2.35. The highest BCUT2D eigenvalue weighted by molar-refractivity contribution is 14.0. The molecule has 162 valence electrons. The minimum absolute atomic E-state index is 0. The van der Waals surface area contributed by atoms with Gasteiger partial charge in [-0.2, -0.15) is 0 Å². The Labute approximate surface area is 192 Å². The van der Waals surface area contributed by atoms with Crippen molar-refractivity contribution in [2.75, 3.05) is 39.9 Å². The molecule has 0 spiro atoms. The third-order valence-electron chi connectivity index (χ3n) is 6.51. The van der Waals surface area contributed by atoms with Gasteiger partial charge >= 0.3 is 0 Å². The van der Waals surface area contributed by atoms with Crippen molar-refractivity contribution in [1.82, 2.24) is 10.2 Å². The number of rotatable bonds is 5. The number of hydrogen-bond donors (Lipinski definition) is 1. The Morgan fingerprint density at radius 2 is 2.00 bits per heavy atom. The maximum Gasteiger partial charge on any atom is 0.193 e. The standard InChI is InChI=1S/C23H35N3O2.HI/c1-24-23(25-16-19-10-9-18-6-2-3-8-22(18)19)26-13-11-20(12-14-26)28-17-21-7-4-5-15-27-21;/h2-3,6,8,19-21H,4-5,7,9-17H2,1H3,(H,24,25);1H. The van der Waals surface area contributed by atoms with E-state index in [1.165, 1.54) is 36.8 Å². The summed E-state index contributed by atoms with van der Waals surface area (Å²) in [5, 5.41) is 3.64. The highest BCUT2D eigenvalue weighted by atomic mass is 127. The van der Waals surface area contributed by atoms with Gasteiger partial charge in [0.2, 0.25) is 0 Å². The summed E-state index contributed by atoms with van der Waals surface area (Å²) in [5.74, 6) is 1.64. The average Bonchev–Trinajstić information content (AvgIpc) is 3.17. The molecule has 1 N–H and O–H groups in total. The summed E-state index contributed by atoms with van der Waals surface area (Å²) >= 11 is 0. The van der Waals surface area contributed by atoms with Gasteiger partial charge in [-0.3, -0.25) is 4.99 Å². The first kappa shape index (κ1) is 22.8. The first-order chi connectivity index (χ1) is 13.8. The molecule has 0 aromatic heterocycles. The van der Waals surface area contributed by atoms with Gasteiger partial charge in [0.1, 0.15) is 0 Å². The molecular formula is C23H36IN3O2. The number of halogens is 1. The largest absolute Gasteiger partial charge is 0.376 e. The van der Waals surface area contributed by atoms with E-state index in [0.717, 1.165) is 58.1 Å². The van der Waals surface area contributed by atoms with Crippen molar-refractivity contribution in [3.05, 3.63) is 35.4 Å². The second kappa shape index (κ2) is 11.5. The normalized spacial score (nSPS) is 25.4. The van der Waals surface area contributed by atoms with E-state index in [4.69, 9.17) is 9.47 Å². The van der Waals surface area contributed by atoms with Crippen LogP contribution >= 0.6 is 24.0 Å². The molecule has 2 heterocycles. The van der Waals surface area contributed by atoms with Crippen molar-refractivity contribution >= 4 is 29.9 Å². The first-order valence-electron chi connectivity index (χ1n) is 11.1. The molecule has 2 atom stereocenters. The Hall–Kier alpha value is -0.860. The molecule has 29 heavy (non-hydrogen) atoms. The molecule has 2 saturated heterocycles. The van der Waals surface area contributed by atoms with Crippen molar-refractivity contribution in [3.8, 4) is 0 Å². The number of aliphatic imine (C=N–C) groups is 1. The van der Waals surface area contributed by atoms with Gasteiger partial charge in [0.15, 0.2) is 5.96 Å². The summed E-state index contributed by atoms with van der Waals surface area (Å²) in [6.45, 7) is 4.66. The van der Waals surface area contributed by atoms with E-state index in [1.54, 1.807) is 0 Å². The molecule has 6 heteroatoms. The third-order valence-corrected chi connectivity index (χ3v) is 6.51. The van der Waals surface area contributed by atoms with Crippen LogP contribution in [-0.4, -0.2) is 63.0 Å². The molecule has 5 nitrogen and oxygen atoms in total. The minimum Gasteiger partial charge on any atom is -0.376 e. The van der Waals surface area contributed by atoms with Crippen molar-refractivity contribution < 1.29 is 9.47 Å². The van der Waals surface area contributed by atoms with E-state index >= 15 is 0 Å². The van der Waals surface area contributed by atoms with Crippen LogP contribution in [0.25, 0.3) is 0 Å². The van der Waals surface area contributed by atoms with Crippen LogP contribution in [0.5, 0.6) is 0 Å². The van der Waals surface area contributed by atoms with Crippen LogP contribution < -0.4 is 5.32 Å². The fourth-order valence-electron chi connectivity index (χ4n) is 4.82. The lowest BCUT2D eigenvalue weighted by molar-refractivity contribution is -0.0721. The fourth-order valence-corrected chi connectivity index (χ4v) is 4.82. The van der Waals surface area contributed by atoms with Crippen LogP contribution in [0.15, 0.2) is 29.3 Å². The SMILES string of the molecule is CN=C(NCC1CCc2ccccc21)N1CCC(OCC2CCCCO2)CC1.I. The lowest BCUT2D eigenvalue weighted by atomic mass is 10.0. The Balaban J connectivity index is 0.00000240. The highest BCUT2D eigenvalue weighted by Gasteiger charge is 2.26. The van der Waals surface area contributed by atoms with Crippen LogP contribution in [0, 0.1) is 0 Å². The van der Waals surface area contributed by atoms with Crippen LogP contribution in [0.3, 0.4) is 0 Å². The summed E-state index contributed by atoms with van der Waals surface area (Å²) in [7, 11) is 1.90. The van der Waals surface area contributed by atoms with Gasteiger partial charge in [0.05, 0.1) is 18.8 Å². The van der Waals surface area contributed by atoms with Crippen LogP contribution in [0.4, 0.5) is 0 Å². The topological polar surface area (TPSA) is 46.1 Å². The van der Waals surface area contributed by atoms with Gasteiger partial charge in [-0.05, 0) is 56.1 Å². The van der Waals surface area contributed by atoms with E-state index in [1.807, 2.05) is 7.05 Å². The summed E-state index contributed by atoms with van der Waals surface area (Å²) in [6, 6.07) is 8.87. The predicted octanol–water partition coefficient (Wildman–Crippen LogP) is 3.96. The van der Waals surface area contributed by atoms with Gasteiger partial charge in [0.25, 0.3) is 0 Å². The molecule has 0 saturated carbocycles. The van der Waals surface area contributed by atoms with Crippen molar-refractivity contribution in [2.45, 2.75) is 63.1 Å². The van der Waals surface area contributed by atoms with Gasteiger partial charge in [0, 0.05) is 39.2 Å². The van der Waals surface area contributed by atoms with Gasteiger partial charge in [-0.15, -0.1) is 24.0 Å². The van der Waals surface area contributed by atoms with E-state index in [9.17, 15) is 0 Å². The van der Waals surface area contributed by atoms with E-state index < -0.39 is 0 Å². The number of guanidine groups is 1. The van der Waals surface area contributed by atoms with Crippen molar-refractivity contribution in [2.24, 2.45) is 4.99 Å². The summed E-state index contributed by atoms with van der Waals surface area (Å²) < 4.78 is 11.9. The molecule has 0 radical (unpaired) electrons. The Morgan fingerprint density at radius 3 is 2.76 bits per heavy atom. The number of piperidine rings is 1. The second-order valence-electron chi connectivity index (χ2n) is 8.37. The van der Waals surface area contributed by atoms with Crippen LogP contribution in [0.1, 0.15) is 55.6 Å². The Morgan fingerprint density at radius 1 is 1.17 bits per heavy atom. The number of ether oxygens (including phenoxy) is 2. The zero-order valence-electron chi connectivity index (χ0n) is 17.6. The van der Waals surface area contributed by atoms with E-state index in [2.05, 4.69) is 39.5 Å². The smallest absolute Gasteiger partial charge is 0.193 e. The molecule has 2 fully saturated rings. The summed E-state index contributed by atoms with van der Waals surface area (Å²) in [6.07, 6.45) is 8.89. The van der Waals surface area contributed by atoms with Crippen LogP contribution in [-0.2, 0) is 15.9 Å². The summed E-state index contributed by atoms with van der Waals surface area (Å²) in [4.78, 5) is 6.93. The van der Waals surface area contributed by atoms with E-state index in [0.29, 0.717) is 18.1 Å². The Kier molecular flexibility index (Phi) is 9.06. The maximum atomic E-state index is 6.15. The molecule has 0 amide bonds. The molecule has 4 rings (SSSR count). The maximum absolute atomic E-state index is 6.15. The first-order valence-corrected chi connectivity index (χ1v) is 11.1. The van der Waals surface area contributed by atoms with Gasteiger partial charge in [-0.25, -0.2) is 0 Å². The third kappa shape index (κ3) is 6.07. The van der Waals surface area contributed by atoms with Gasteiger partial charge in [-0.1, -0.05) is 24.3 Å². The fraction of sp³-hybridized carbons (Fsp3) is 0.696. The quantitative estimate of drug-likeness (QED) is 0.368. The number of aryl methyl sites for hydroxylation is 1. The number of nitrogens with one attached hydrogen (secondary N) is 1. The molecule has 1 aliphatic carbocycles. The van der Waals surface area contributed by atoms with Crippen LogP contribution in [0.2, 0.25) is 0 Å². The summed E-state index contributed by atoms with van der Waals surface area (Å²) in [5.41, 5.74) is 3.03. The second-order valence-corrected chi connectivity index (χ2v) is 8.37. The zero-order chi connectivity index (χ0) is 19.2. The van der Waals surface area contributed by atoms with Crippen molar-refractivity contribution in [3.63, 3.8) is 0 Å². The lowest BCUT2D eigenvalue weighted by Crippen LogP contribution is -2.48. The number of benzene rings is 1. The molecule has 1 aromatic carbocycles. The molecule has 3 aliphatic rings. The molecule has 0 bridgehead atoms. The molecule has 2 aliphatic heterocycles. The number of fused-ring (bicyclic) bond motifs is 1. The van der Waals surface area contributed by atoms with E-state index in [-0.39, 0.29) is 24.0 Å². The Bertz CT molecular complexity index is 655. The molecular weight excluding hydrogens is 477 g/mol. The highest BCUT2D eigenvalue weighted by Crippen LogP contribution is 2.32. The predicted molar refractivity (Wildman–Crippen MR) is 128 cm³/mol. The zero-order valence-corrected chi connectivity index (χ0v) is 20.0. The van der Waals surface area contributed by atoms with Crippen molar-refractivity contribution in [1.29, 1.82) is 0 Å². The molecule has 1 aromatic rings. The number of hydrogen-bond acceptors (Lipinski definition) is 3. The van der Waals surface area contributed by atoms with Gasteiger partial charge < -0.3 is 19.7 Å². The average molecular weight is 513 g/mol. The monoisotopic (exact) mass is 513 g/mol. The number of likely N-dealkylation sites (tertiary alicyclic amines) is 1. The number of nitrogens with zero attached hydrogens (tertiary/aromatic N) is 2. The molecule has 2 unspecified atom stereocenters.